The molecule has 1 fully saturated rings. The third kappa shape index (κ3) is 10.9. The summed E-state index contributed by atoms with van der Waals surface area (Å²) in [6, 6.07) is 4.71. The largest absolute Gasteiger partial charge is 0.493 e. The van der Waals surface area contributed by atoms with Crippen LogP contribution in [-0.4, -0.2) is 112 Å². The maximum Gasteiger partial charge on any atom is 0.394 e. The first-order valence-corrected chi connectivity index (χ1v) is 16.8. The standard InChI is InChI=1S/C22H30N6O4S.2H2O4S/c1-5-7-17-19-20(27(4)25-17)22(29)24-21(23-19)16-14-15(8-9-18(16)32-6-2)33(30,31)28-12-10-26(3)11-13-28;2*1-5(2,3)4/h8-9,14H,5-7,10-13H2,1-4H3,(H,23,24,29);2*(H2,1,2,3,4). The zero-order valence-corrected chi connectivity index (χ0v) is 26.1. The summed E-state index contributed by atoms with van der Waals surface area (Å²) in [5.74, 6) is 0.718. The monoisotopic (exact) mass is 670 g/mol. The summed E-state index contributed by atoms with van der Waals surface area (Å²) in [5, 5.41) is 4.45. The van der Waals surface area contributed by atoms with E-state index in [2.05, 4.69) is 15.0 Å². The van der Waals surface area contributed by atoms with Gasteiger partial charge >= 0.3 is 20.8 Å². The van der Waals surface area contributed by atoms with Crippen molar-refractivity contribution in [1.29, 1.82) is 0 Å². The second-order valence-corrected chi connectivity index (χ2v) is 12.9. The predicted molar refractivity (Wildman–Crippen MR) is 154 cm³/mol. The maximum atomic E-state index is 13.3. The van der Waals surface area contributed by atoms with Gasteiger partial charge in [0.1, 0.15) is 17.1 Å². The molecule has 3 aromatic rings. The maximum absolute atomic E-state index is 13.3. The van der Waals surface area contributed by atoms with Crippen molar-refractivity contribution in [2.24, 2.45) is 7.05 Å². The van der Waals surface area contributed by atoms with Crippen LogP contribution in [0.15, 0.2) is 27.9 Å². The molecule has 2 aromatic heterocycles. The fraction of sp³-hybridized carbons (Fsp3) is 0.500. The topological polar surface area (TPSA) is 263 Å². The lowest BCUT2D eigenvalue weighted by Gasteiger charge is -2.31. The molecule has 242 valence electrons. The number of aromatic amines is 1. The smallest absolute Gasteiger partial charge is 0.394 e. The van der Waals surface area contributed by atoms with Crippen LogP contribution in [0.1, 0.15) is 26.0 Å². The van der Waals surface area contributed by atoms with Crippen LogP contribution in [0.4, 0.5) is 0 Å². The molecule has 18 nitrogen and oxygen atoms in total. The normalized spacial score (nSPS) is 14.9. The highest BCUT2D eigenvalue weighted by atomic mass is 32.3. The lowest BCUT2D eigenvalue weighted by Crippen LogP contribution is -2.47. The summed E-state index contributed by atoms with van der Waals surface area (Å²) in [5.41, 5.74) is 1.75. The number of sulfonamides is 1. The minimum absolute atomic E-state index is 0.147. The SMILES string of the molecule is CCCc1nn(C)c2c(=O)[nH]c(-c3cc(S(=O)(=O)N4CCN(C)CC4)ccc3OCC)nc12.O=S(=O)(O)O.O=S(=O)(O)O. The molecular formula is C22H34N6O12S3. The number of likely N-dealkylation sites (N-methyl/N-ethyl adjacent to an activating group) is 1. The Hall–Kier alpha value is -3.02. The number of nitrogens with zero attached hydrogens (tertiary/aromatic N) is 5. The molecular weight excluding hydrogens is 636 g/mol. The molecule has 4 rings (SSSR count). The van der Waals surface area contributed by atoms with Gasteiger partial charge in [-0.15, -0.1) is 0 Å². The fourth-order valence-electron chi connectivity index (χ4n) is 4.09. The third-order valence-corrected chi connectivity index (χ3v) is 7.75. The summed E-state index contributed by atoms with van der Waals surface area (Å²) in [7, 11) is -9.34. The molecule has 1 aromatic carbocycles. The van der Waals surface area contributed by atoms with Crippen LogP contribution in [0.25, 0.3) is 22.4 Å². The Morgan fingerprint density at radius 1 is 0.930 bits per heavy atom. The van der Waals surface area contributed by atoms with Crippen LogP contribution in [0.5, 0.6) is 5.75 Å². The number of aromatic nitrogens is 4. The minimum atomic E-state index is -4.67. The van der Waals surface area contributed by atoms with Crippen molar-refractivity contribution in [2.75, 3.05) is 39.8 Å². The summed E-state index contributed by atoms with van der Waals surface area (Å²) < 4.78 is 98.6. The van der Waals surface area contributed by atoms with Gasteiger partial charge in [0.05, 0.1) is 22.8 Å². The van der Waals surface area contributed by atoms with E-state index in [-0.39, 0.29) is 16.3 Å². The quantitative estimate of drug-likeness (QED) is 0.212. The average Bonchev–Trinajstić information content (AvgIpc) is 3.18. The van der Waals surface area contributed by atoms with Crippen molar-refractivity contribution in [3.63, 3.8) is 0 Å². The molecule has 0 spiro atoms. The molecule has 0 amide bonds. The molecule has 1 aliphatic heterocycles. The minimum Gasteiger partial charge on any atom is -0.493 e. The molecule has 21 heteroatoms. The Kier molecular flexibility index (Phi) is 12.3. The van der Waals surface area contributed by atoms with E-state index in [1.165, 1.54) is 8.99 Å². The summed E-state index contributed by atoms with van der Waals surface area (Å²) in [4.78, 5) is 22.7. The summed E-state index contributed by atoms with van der Waals surface area (Å²) in [6.07, 6.45) is 1.54. The Bertz CT molecular complexity index is 1750. The number of benzene rings is 1. The molecule has 0 radical (unpaired) electrons. The highest BCUT2D eigenvalue weighted by Crippen LogP contribution is 2.32. The van der Waals surface area contributed by atoms with Crippen LogP contribution >= 0.6 is 0 Å². The summed E-state index contributed by atoms with van der Waals surface area (Å²) in [6.45, 7) is 6.48. The van der Waals surface area contributed by atoms with Gasteiger partial charge in [0.25, 0.3) is 5.56 Å². The van der Waals surface area contributed by atoms with Crippen LogP contribution in [0, 0.1) is 0 Å². The van der Waals surface area contributed by atoms with Crippen LogP contribution in [0.2, 0.25) is 0 Å². The predicted octanol–water partition coefficient (Wildman–Crippen LogP) is 0.305. The number of fused-ring (bicyclic) bond motifs is 1. The Labute approximate surface area is 248 Å². The van der Waals surface area contributed by atoms with E-state index in [0.717, 1.165) is 12.1 Å². The van der Waals surface area contributed by atoms with Crippen molar-refractivity contribution < 1.29 is 48.2 Å². The lowest BCUT2D eigenvalue weighted by atomic mass is 10.1. The highest BCUT2D eigenvalue weighted by molar-refractivity contribution is 7.89. The molecule has 0 aliphatic carbocycles. The number of hydrogen-bond acceptors (Lipinski definition) is 11. The van der Waals surface area contributed by atoms with Gasteiger partial charge in [-0.2, -0.15) is 26.2 Å². The van der Waals surface area contributed by atoms with Gasteiger partial charge in [-0.05, 0) is 38.6 Å². The molecule has 0 atom stereocenters. The van der Waals surface area contributed by atoms with Gasteiger partial charge in [-0.1, -0.05) is 13.3 Å². The fourth-order valence-corrected chi connectivity index (χ4v) is 5.54. The Morgan fingerprint density at radius 2 is 1.49 bits per heavy atom. The molecule has 1 saturated heterocycles. The molecule has 0 saturated carbocycles. The highest BCUT2D eigenvalue weighted by Gasteiger charge is 2.29. The van der Waals surface area contributed by atoms with Gasteiger partial charge in [-0.25, -0.2) is 13.4 Å². The van der Waals surface area contributed by atoms with Gasteiger partial charge in [0.2, 0.25) is 10.0 Å². The van der Waals surface area contributed by atoms with Gasteiger partial charge < -0.3 is 14.6 Å². The first-order chi connectivity index (χ1) is 19.8. The number of aryl methyl sites for hydroxylation is 2. The van der Waals surface area contributed by atoms with Crippen molar-refractivity contribution in [3.8, 4) is 17.1 Å². The zero-order valence-electron chi connectivity index (χ0n) is 23.7. The zero-order chi connectivity index (χ0) is 32.8. The van der Waals surface area contributed by atoms with E-state index < -0.39 is 30.8 Å². The number of piperazine rings is 1. The molecule has 1 aliphatic rings. The molecule has 0 bridgehead atoms. The van der Waals surface area contributed by atoms with E-state index in [4.69, 9.17) is 44.8 Å². The third-order valence-electron chi connectivity index (χ3n) is 5.86. The Balaban J connectivity index is 0.000000559. The van der Waals surface area contributed by atoms with Gasteiger partial charge in [0.15, 0.2) is 5.52 Å². The number of hydrogen-bond donors (Lipinski definition) is 5. The average molecular weight is 671 g/mol. The van der Waals surface area contributed by atoms with E-state index in [0.29, 0.717) is 61.6 Å². The van der Waals surface area contributed by atoms with Crippen LogP contribution in [-0.2, 0) is 44.3 Å². The van der Waals surface area contributed by atoms with E-state index in [9.17, 15) is 13.2 Å². The van der Waals surface area contributed by atoms with Crippen molar-refractivity contribution in [2.45, 2.75) is 31.6 Å². The number of ether oxygens (including phenoxy) is 1. The second-order valence-electron chi connectivity index (χ2n) is 9.13. The van der Waals surface area contributed by atoms with E-state index in [1.807, 2.05) is 20.9 Å². The van der Waals surface area contributed by atoms with Gasteiger partial charge in [-0.3, -0.25) is 27.7 Å². The molecule has 0 unspecified atom stereocenters. The molecule has 3 heterocycles. The van der Waals surface area contributed by atoms with Crippen LogP contribution < -0.4 is 10.3 Å². The molecule has 5 N–H and O–H groups in total. The van der Waals surface area contributed by atoms with E-state index in [1.54, 1.807) is 25.2 Å². The van der Waals surface area contributed by atoms with Crippen molar-refractivity contribution >= 4 is 41.9 Å². The van der Waals surface area contributed by atoms with Crippen molar-refractivity contribution in [1.82, 2.24) is 29.0 Å². The van der Waals surface area contributed by atoms with E-state index >= 15 is 0 Å². The number of rotatable bonds is 7. The van der Waals surface area contributed by atoms with Gasteiger partial charge in [0, 0.05) is 33.2 Å². The first kappa shape index (κ1) is 36.2. The second kappa shape index (κ2) is 14.6. The number of nitrogens with one attached hydrogen (secondary N) is 1. The van der Waals surface area contributed by atoms with Crippen LogP contribution in [0.3, 0.4) is 0 Å². The Morgan fingerprint density at radius 3 is 2.00 bits per heavy atom. The lowest BCUT2D eigenvalue weighted by molar-refractivity contribution is 0.222. The summed E-state index contributed by atoms with van der Waals surface area (Å²) >= 11 is 0. The first-order valence-electron chi connectivity index (χ1n) is 12.6. The molecule has 43 heavy (non-hydrogen) atoms. The van der Waals surface area contributed by atoms with Crippen molar-refractivity contribution in [3.05, 3.63) is 34.2 Å². The number of H-pyrrole nitrogens is 1.